The smallest absolute Gasteiger partial charge is 0.251 e. The van der Waals surface area contributed by atoms with Crippen LogP contribution in [0.1, 0.15) is 42.6 Å². The summed E-state index contributed by atoms with van der Waals surface area (Å²) >= 11 is 0. The number of nitrogens with one attached hydrogen (secondary N) is 1. The number of piperidine rings is 1. The molecular formula is C19H29N3O2. The Morgan fingerprint density at radius 3 is 2.50 bits per heavy atom. The third-order valence-corrected chi connectivity index (χ3v) is 4.76. The summed E-state index contributed by atoms with van der Waals surface area (Å²) in [5, 5.41) is 2.93. The highest BCUT2D eigenvalue weighted by Gasteiger charge is 2.31. The second kappa shape index (κ2) is 8.29. The van der Waals surface area contributed by atoms with E-state index in [1.807, 2.05) is 43.9 Å². The van der Waals surface area contributed by atoms with Gasteiger partial charge < -0.3 is 16.0 Å². The number of amides is 2. The van der Waals surface area contributed by atoms with Crippen LogP contribution >= 0.6 is 0 Å². The molecule has 1 aliphatic rings. The molecule has 1 atom stereocenters. The largest absolute Gasteiger partial charge is 0.341 e. The van der Waals surface area contributed by atoms with Gasteiger partial charge in [-0.25, -0.2) is 0 Å². The lowest BCUT2D eigenvalue weighted by molar-refractivity contribution is -0.135. The maximum atomic E-state index is 12.8. The van der Waals surface area contributed by atoms with Crippen molar-refractivity contribution in [1.29, 1.82) is 0 Å². The Labute approximate surface area is 144 Å². The highest BCUT2D eigenvalue weighted by molar-refractivity contribution is 5.97. The van der Waals surface area contributed by atoms with Gasteiger partial charge in [-0.15, -0.1) is 0 Å². The molecule has 0 radical (unpaired) electrons. The van der Waals surface area contributed by atoms with Crippen LogP contribution < -0.4 is 11.1 Å². The van der Waals surface area contributed by atoms with Gasteiger partial charge in [0.1, 0.15) is 6.04 Å². The van der Waals surface area contributed by atoms with E-state index in [-0.39, 0.29) is 17.7 Å². The lowest BCUT2D eigenvalue weighted by Gasteiger charge is -2.35. The van der Waals surface area contributed by atoms with Gasteiger partial charge in [-0.3, -0.25) is 9.59 Å². The van der Waals surface area contributed by atoms with Gasteiger partial charge in [0.2, 0.25) is 5.91 Å². The lowest BCUT2D eigenvalue weighted by atomic mass is 9.95. The average Bonchev–Trinajstić information content (AvgIpc) is 2.58. The van der Waals surface area contributed by atoms with E-state index in [1.54, 1.807) is 6.07 Å². The Morgan fingerprint density at radius 2 is 1.96 bits per heavy atom. The molecule has 1 saturated heterocycles. The number of nitrogens with two attached hydrogens (primary N) is 1. The predicted octanol–water partition coefficient (Wildman–Crippen LogP) is 1.95. The maximum Gasteiger partial charge on any atom is 0.251 e. The van der Waals surface area contributed by atoms with Crippen molar-refractivity contribution in [3.63, 3.8) is 0 Å². The highest BCUT2D eigenvalue weighted by atomic mass is 16.2. The first-order valence-corrected chi connectivity index (χ1v) is 8.78. The van der Waals surface area contributed by atoms with E-state index in [1.165, 1.54) is 0 Å². The van der Waals surface area contributed by atoms with Gasteiger partial charge in [0.15, 0.2) is 0 Å². The van der Waals surface area contributed by atoms with Gasteiger partial charge in [-0.2, -0.15) is 0 Å². The van der Waals surface area contributed by atoms with Gasteiger partial charge >= 0.3 is 0 Å². The fourth-order valence-corrected chi connectivity index (χ4v) is 3.11. The first-order valence-electron chi connectivity index (χ1n) is 8.78. The summed E-state index contributed by atoms with van der Waals surface area (Å²) in [5.41, 5.74) is 7.33. The molecule has 5 nitrogen and oxygen atoms in total. The summed E-state index contributed by atoms with van der Waals surface area (Å²) in [6, 6.07) is 6.92. The quantitative estimate of drug-likeness (QED) is 0.866. The Hall–Kier alpha value is -1.88. The minimum absolute atomic E-state index is 0.0153. The number of benzene rings is 1. The molecule has 24 heavy (non-hydrogen) atoms. The van der Waals surface area contributed by atoms with Crippen LogP contribution in [0.5, 0.6) is 0 Å². The number of hydrogen-bond acceptors (Lipinski definition) is 3. The van der Waals surface area contributed by atoms with Crippen molar-refractivity contribution in [3.05, 3.63) is 35.4 Å². The Balaban J connectivity index is 2.03. The normalized spacial score (nSPS) is 17.0. The van der Waals surface area contributed by atoms with Crippen LogP contribution in [0.15, 0.2) is 24.3 Å². The minimum atomic E-state index is -0.493. The molecule has 1 unspecified atom stereocenters. The SMILES string of the molecule is Cc1cccc(C(=O)NC(C(=O)N2CCC(CN)CC2)C(C)C)c1. The molecule has 0 aromatic heterocycles. The third kappa shape index (κ3) is 4.57. The summed E-state index contributed by atoms with van der Waals surface area (Å²) in [4.78, 5) is 27.2. The topological polar surface area (TPSA) is 75.4 Å². The summed E-state index contributed by atoms with van der Waals surface area (Å²) in [6.45, 7) is 8.01. The first kappa shape index (κ1) is 18.5. The van der Waals surface area contributed by atoms with Crippen molar-refractivity contribution in [1.82, 2.24) is 10.2 Å². The number of carbonyl (C=O) groups is 2. The molecule has 3 N–H and O–H groups in total. The third-order valence-electron chi connectivity index (χ3n) is 4.76. The van der Waals surface area contributed by atoms with Crippen molar-refractivity contribution in [3.8, 4) is 0 Å². The predicted molar refractivity (Wildman–Crippen MR) is 95.6 cm³/mol. The second-order valence-electron chi connectivity index (χ2n) is 7.07. The summed E-state index contributed by atoms with van der Waals surface area (Å²) in [5.74, 6) is 0.371. The zero-order valence-electron chi connectivity index (χ0n) is 14.9. The summed E-state index contributed by atoms with van der Waals surface area (Å²) < 4.78 is 0. The molecule has 0 spiro atoms. The number of rotatable bonds is 5. The number of likely N-dealkylation sites (tertiary alicyclic amines) is 1. The van der Waals surface area contributed by atoms with Gasteiger partial charge in [0, 0.05) is 18.7 Å². The van der Waals surface area contributed by atoms with E-state index in [0.717, 1.165) is 31.5 Å². The Morgan fingerprint density at radius 1 is 1.29 bits per heavy atom. The summed E-state index contributed by atoms with van der Waals surface area (Å²) in [6.07, 6.45) is 1.89. The van der Waals surface area contributed by atoms with Gasteiger partial charge in [0.25, 0.3) is 5.91 Å². The molecule has 1 aliphatic heterocycles. The monoisotopic (exact) mass is 331 g/mol. The van der Waals surface area contributed by atoms with Crippen molar-refractivity contribution in [2.75, 3.05) is 19.6 Å². The molecule has 132 valence electrons. The van der Waals surface area contributed by atoms with Crippen molar-refractivity contribution >= 4 is 11.8 Å². The molecule has 1 aromatic carbocycles. The van der Waals surface area contributed by atoms with Crippen LogP contribution in [0.4, 0.5) is 0 Å². The Bertz CT molecular complexity index is 578. The molecular weight excluding hydrogens is 302 g/mol. The number of aryl methyl sites for hydroxylation is 1. The first-order chi connectivity index (χ1) is 11.4. The van der Waals surface area contributed by atoms with Gasteiger partial charge in [-0.05, 0) is 50.3 Å². The molecule has 1 fully saturated rings. The fraction of sp³-hybridized carbons (Fsp3) is 0.579. The minimum Gasteiger partial charge on any atom is -0.341 e. The molecule has 1 aromatic rings. The molecule has 0 bridgehead atoms. The average molecular weight is 331 g/mol. The second-order valence-corrected chi connectivity index (χ2v) is 7.07. The van der Waals surface area contributed by atoms with Gasteiger partial charge in [0.05, 0.1) is 0 Å². The van der Waals surface area contributed by atoms with Crippen LogP contribution in [0, 0.1) is 18.8 Å². The van der Waals surface area contributed by atoms with Crippen LogP contribution in [-0.4, -0.2) is 42.4 Å². The molecule has 2 amide bonds. The molecule has 0 aliphatic carbocycles. The van der Waals surface area contributed by atoms with E-state index >= 15 is 0 Å². The van der Waals surface area contributed by atoms with E-state index in [2.05, 4.69) is 5.32 Å². The van der Waals surface area contributed by atoms with E-state index in [0.29, 0.717) is 18.0 Å². The number of nitrogens with zero attached hydrogens (tertiary/aromatic N) is 1. The van der Waals surface area contributed by atoms with Crippen LogP contribution in [-0.2, 0) is 4.79 Å². The van der Waals surface area contributed by atoms with Gasteiger partial charge in [-0.1, -0.05) is 31.5 Å². The van der Waals surface area contributed by atoms with E-state index < -0.39 is 6.04 Å². The van der Waals surface area contributed by atoms with Crippen LogP contribution in [0.2, 0.25) is 0 Å². The van der Waals surface area contributed by atoms with Crippen LogP contribution in [0.3, 0.4) is 0 Å². The van der Waals surface area contributed by atoms with E-state index in [9.17, 15) is 9.59 Å². The van der Waals surface area contributed by atoms with Crippen molar-refractivity contribution < 1.29 is 9.59 Å². The maximum absolute atomic E-state index is 12.8. The zero-order valence-corrected chi connectivity index (χ0v) is 14.9. The number of carbonyl (C=O) groups excluding carboxylic acids is 2. The number of hydrogen-bond donors (Lipinski definition) is 2. The van der Waals surface area contributed by atoms with Crippen molar-refractivity contribution in [2.45, 2.75) is 39.7 Å². The lowest BCUT2D eigenvalue weighted by Crippen LogP contribution is -2.53. The Kier molecular flexibility index (Phi) is 6.37. The molecule has 0 saturated carbocycles. The molecule has 1 heterocycles. The summed E-state index contributed by atoms with van der Waals surface area (Å²) in [7, 11) is 0. The van der Waals surface area contributed by atoms with Crippen molar-refractivity contribution in [2.24, 2.45) is 17.6 Å². The van der Waals surface area contributed by atoms with Crippen LogP contribution in [0.25, 0.3) is 0 Å². The molecule has 2 rings (SSSR count). The standard InChI is InChI=1S/C19H29N3O2/c1-13(2)17(19(24)22-9-7-15(12-20)8-10-22)21-18(23)16-6-4-5-14(3)11-16/h4-6,11,13,15,17H,7-10,12,20H2,1-3H3,(H,21,23). The zero-order chi connectivity index (χ0) is 17.7. The van der Waals surface area contributed by atoms with E-state index in [4.69, 9.17) is 5.73 Å². The molecule has 5 heteroatoms. The highest BCUT2D eigenvalue weighted by Crippen LogP contribution is 2.18. The fourth-order valence-electron chi connectivity index (χ4n) is 3.11.